The zero-order chi connectivity index (χ0) is 20.5. The summed E-state index contributed by atoms with van der Waals surface area (Å²) in [6.45, 7) is 6.47. The number of carboxylic acids is 1. The number of aryl methyl sites for hydroxylation is 2. The predicted molar refractivity (Wildman–Crippen MR) is 106 cm³/mol. The van der Waals surface area contributed by atoms with E-state index < -0.39 is 17.5 Å². The molecule has 150 valence electrons. The van der Waals surface area contributed by atoms with Crippen molar-refractivity contribution in [1.29, 1.82) is 0 Å². The number of ether oxygens (including phenoxy) is 1. The lowest BCUT2D eigenvalue weighted by atomic mass is 9.73. The Morgan fingerprint density at radius 3 is 2.57 bits per heavy atom. The minimum absolute atomic E-state index is 0.142. The van der Waals surface area contributed by atoms with Crippen molar-refractivity contribution in [1.82, 2.24) is 9.97 Å². The van der Waals surface area contributed by atoms with Crippen molar-refractivity contribution in [3.8, 4) is 5.75 Å². The first-order valence-corrected chi connectivity index (χ1v) is 9.38. The molecule has 0 aliphatic carbocycles. The first-order valence-electron chi connectivity index (χ1n) is 9.38. The van der Waals surface area contributed by atoms with Crippen LogP contribution in [0.5, 0.6) is 5.75 Å². The van der Waals surface area contributed by atoms with Gasteiger partial charge in [-0.2, -0.15) is 0 Å². The minimum Gasteiger partial charge on any atom is -0.497 e. The van der Waals surface area contributed by atoms with E-state index in [2.05, 4.69) is 9.97 Å². The lowest BCUT2D eigenvalue weighted by Crippen LogP contribution is -2.57. The van der Waals surface area contributed by atoms with Gasteiger partial charge in [0.2, 0.25) is 5.95 Å². The number of aliphatic hydroxyl groups excluding tert-OH is 1. The van der Waals surface area contributed by atoms with Crippen molar-refractivity contribution in [2.75, 3.05) is 25.1 Å². The highest BCUT2D eigenvalue weighted by molar-refractivity contribution is 5.77. The SMILES string of the molecule is COc1cccc(C[C@@]2(C(=O)O)CN(c3nc(C)c(C)c(C)n3)CC[C@H]2O)c1. The number of hydrogen-bond acceptors (Lipinski definition) is 6. The Kier molecular flexibility index (Phi) is 5.56. The fraction of sp³-hybridized carbons (Fsp3) is 0.476. The smallest absolute Gasteiger partial charge is 0.314 e. The highest BCUT2D eigenvalue weighted by Crippen LogP contribution is 2.36. The summed E-state index contributed by atoms with van der Waals surface area (Å²) in [5, 5.41) is 20.8. The molecule has 7 heteroatoms. The van der Waals surface area contributed by atoms with Gasteiger partial charge < -0.3 is 19.8 Å². The van der Waals surface area contributed by atoms with E-state index >= 15 is 0 Å². The number of nitrogens with zero attached hydrogens (tertiary/aromatic N) is 3. The lowest BCUT2D eigenvalue weighted by Gasteiger charge is -2.43. The Balaban J connectivity index is 1.96. The van der Waals surface area contributed by atoms with Gasteiger partial charge in [0.15, 0.2) is 0 Å². The summed E-state index contributed by atoms with van der Waals surface area (Å²) < 4.78 is 5.25. The van der Waals surface area contributed by atoms with Gasteiger partial charge in [-0.05, 0) is 56.9 Å². The Labute approximate surface area is 165 Å². The molecule has 7 nitrogen and oxygen atoms in total. The monoisotopic (exact) mass is 385 g/mol. The third-order valence-corrected chi connectivity index (χ3v) is 5.77. The molecule has 2 N–H and O–H groups in total. The quantitative estimate of drug-likeness (QED) is 0.815. The van der Waals surface area contributed by atoms with Gasteiger partial charge >= 0.3 is 5.97 Å². The number of methoxy groups -OCH3 is 1. The van der Waals surface area contributed by atoms with Crippen LogP contribution in [0.4, 0.5) is 5.95 Å². The maximum Gasteiger partial charge on any atom is 0.314 e. The number of carboxylic acid groups (broad SMARTS) is 1. The molecule has 3 rings (SSSR count). The molecule has 1 aliphatic heterocycles. The molecule has 1 saturated heterocycles. The average molecular weight is 385 g/mol. The molecule has 0 spiro atoms. The van der Waals surface area contributed by atoms with E-state index in [0.717, 1.165) is 22.5 Å². The summed E-state index contributed by atoms with van der Waals surface area (Å²) in [7, 11) is 1.57. The molecule has 0 radical (unpaired) electrons. The second-order valence-electron chi connectivity index (χ2n) is 7.54. The fourth-order valence-corrected chi connectivity index (χ4v) is 3.75. The number of benzene rings is 1. The average Bonchev–Trinajstić information content (AvgIpc) is 2.67. The molecule has 0 unspecified atom stereocenters. The van der Waals surface area contributed by atoms with Crippen LogP contribution in [-0.2, 0) is 11.2 Å². The van der Waals surface area contributed by atoms with Gasteiger partial charge in [0, 0.05) is 24.5 Å². The molecule has 28 heavy (non-hydrogen) atoms. The van der Waals surface area contributed by atoms with Crippen LogP contribution >= 0.6 is 0 Å². The van der Waals surface area contributed by atoms with Crippen molar-refractivity contribution in [2.24, 2.45) is 5.41 Å². The van der Waals surface area contributed by atoms with Gasteiger partial charge in [-0.25, -0.2) is 9.97 Å². The number of piperidine rings is 1. The molecular formula is C21H27N3O4. The van der Waals surface area contributed by atoms with E-state index in [9.17, 15) is 15.0 Å². The summed E-state index contributed by atoms with van der Waals surface area (Å²) in [5.74, 6) is 0.158. The van der Waals surface area contributed by atoms with E-state index in [1.807, 2.05) is 49.9 Å². The van der Waals surface area contributed by atoms with Crippen molar-refractivity contribution in [3.05, 3.63) is 46.8 Å². The van der Waals surface area contributed by atoms with Crippen LogP contribution in [0.15, 0.2) is 24.3 Å². The minimum atomic E-state index is -1.35. The van der Waals surface area contributed by atoms with Gasteiger partial charge in [0.05, 0.1) is 13.2 Å². The highest BCUT2D eigenvalue weighted by Gasteiger charge is 2.50. The van der Waals surface area contributed by atoms with Gasteiger partial charge in [-0.1, -0.05) is 12.1 Å². The number of rotatable bonds is 5. The fourth-order valence-electron chi connectivity index (χ4n) is 3.75. The van der Waals surface area contributed by atoms with Crippen LogP contribution in [0.25, 0.3) is 0 Å². The van der Waals surface area contributed by atoms with Crippen LogP contribution in [0.3, 0.4) is 0 Å². The van der Waals surface area contributed by atoms with Crippen LogP contribution < -0.4 is 9.64 Å². The van der Waals surface area contributed by atoms with E-state index in [1.165, 1.54) is 0 Å². The predicted octanol–water partition coefficient (Wildman–Crippen LogP) is 2.30. The van der Waals surface area contributed by atoms with Crippen LogP contribution in [0.2, 0.25) is 0 Å². The molecule has 0 bridgehead atoms. The lowest BCUT2D eigenvalue weighted by molar-refractivity contribution is -0.157. The zero-order valence-corrected chi connectivity index (χ0v) is 16.8. The van der Waals surface area contributed by atoms with Crippen molar-refractivity contribution in [3.63, 3.8) is 0 Å². The number of aliphatic hydroxyl groups is 1. The third kappa shape index (κ3) is 3.67. The van der Waals surface area contributed by atoms with E-state index in [0.29, 0.717) is 24.7 Å². The normalized spacial score (nSPS) is 22.2. The summed E-state index contributed by atoms with van der Waals surface area (Å²) in [6.07, 6.45) is -0.424. The topological polar surface area (TPSA) is 95.8 Å². The molecule has 2 atom stereocenters. The van der Waals surface area contributed by atoms with E-state index in [-0.39, 0.29) is 13.0 Å². The van der Waals surface area contributed by atoms with Gasteiger partial charge in [-0.3, -0.25) is 4.79 Å². The zero-order valence-electron chi connectivity index (χ0n) is 16.8. The van der Waals surface area contributed by atoms with Crippen LogP contribution in [0.1, 0.15) is 28.9 Å². The van der Waals surface area contributed by atoms with Crippen molar-refractivity contribution < 1.29 is 19.7 Å². The highest BCUT2D eigenvalue weighted by atomic mass is 16.5. The summed E-state index contributed by atoms with van der Waals surface area (Å²) >= 11 is 0. The maximum atomic E-state index is 12.4. The summed E-state index contributed by atoms with van der Waals surface area (Å²) in [4.78, 5) is 23.4. The molecular weight excluding hydrogens is 358 g/mol. The number of carbonyl (C=O) groups is 1. The van der Waals surface area contributed by atoms with Crippen LogP contribution in [0, 0.1) is 26.2 Å². The third-order valence-electron chi connectivity index (χ3n) is 5.77. The Hall–Kier alpha value is -2.67. The number of aromatic nitrogens is 2. The first kappa shape index (κ1) is 20.1. The summed E-state index contributed by atoms with van der Waals surface area (Å²) in [6, 6.07) is 7.31. The largest absolute Gasteiger partial charge is 0.497 e. The Bertz CT molecular complexity index is 863. The van der Waals surface area contributed by atoms with Crippen molar-refractivity contribution in [2.45, 2.75) is 39.7 Å². The number of hydrogen-bond donors (Lipinski definition) is 2. The number of anilines is 1. The van der Waals surface area contributed by atoms with Crippen molar-refractivity contribution >= 4 is 11.9 Å². The molecule has 1 fully saturated rings. The van der Waals surface area contributed by atoms with Gasteiger partial charge in [-0.15, -0.1) is 0 Å². The molecule has 1 aromatic heterocycles. The summed E-state index contributed by atoms with van der Waals surface area (Å²) in [5.41, 5.74) is 2.24. The molecule has 0 amide bonds. The first-order chi connectivity index (χ1) is 13.3. The standard InChI is InChI=1S/C21H27N3O4/c1-13-14(2)22-20(23-15(13)3)24-9-8-18(25)21(12-24,19(26)27)11-16-6-5-7-17(10-16)28-4/h5-7,10,18,25H,8-9,11-12H2,1-4H3,(H,26,27)/t18-,21-/m1/s1. The maximum absolute atomic E-state index is 12.4. The van der Waals surface area contributed by atoms with E-state index in [1.54, 1.807) is 7.11 Å². The second-order valence-corrected chi connectivity index (χ2v) is 7.54. The second kappa shape index (κ2) is 7.75. The van der Waals surface area contributed by atoms with Crippen LogP contribution in [-0.4, -0.2) is 52.5 Å². The molecule has 1 aliphatic rings. The van der Waals surface area contributed by atoms with E-state index in [4.69, 9.17) is 4.74 Å². The molecule has 2 heterocycles. The molecule has 0 saturated carbocycles. The van der Waals surface area contributed by atoms with Gasteiger partial charge in [0.1, 0.15) is 11.2 Å². The Morgan fingerprint density at radius 1 is 1.29 bits per heavy atom. The number of aliphatic carboxylic acids is 1. The molecule has 1 aromatic carbocycles. The Morgan fingerprint density at radius 2 is 1.96 bits per heavy atom. The van der Waals surface area contributed by atoms with Gasteiger partial charge in [0.25, 0.3) is 0 Å². The molecule has 2 aromatic rings.